The minimum Gasteiger partial charge on any atom is -0.444 e. The van der Waals surface area contributed by atoms with E-state index in [4.69, 9.17) is 14.7 Å². The van der Waals surface area contributed by atoms with Crippen LogP contribution in [-0.2, 0) is 24.1 Å². The monoisotopic (exact) mass is 568 g/mol. The predicted octanol–water partition coefficient (Wildman–Crippen LogP) is 4.99. The zero-order valence-electron chi connectivity index (χ0n) is 25.5. The van der Waals surface area contributed by atoms with Gasteiger partial charge in [-0.25, -0.2) is 24.7 Å². The zero-order chi connectivity index (χ0) is 29.6. The summed E-state index contributed by atoms with van der Waals surface area (Å²) in [7, 11) is 0. The van der Waals surface area contributed by atoms with Crippen LogP contribution in [0.2, 0.25) is 0 Å². The highest BCUT2D eigenvalue weighted by Gasteiger charge is 2.28. The Labute approximate surface area is 247 Å². The maximum absolute atomic E-state index is 12.6. The highest BCUT2D eigenvalue weighted by molar-refractivity contribution is 5.70. The summed E-state index contributed by atoms with van der Waals surface area (Å²) in [5.41, 5.74) is 8.08. The summed E-state index contributed by atoms with van der Waals surface area (Å²) in [6.45, 7) is 16.3. The minimum atomic E-state index is -0.520. The van der Waals surface area contributed by atoms with Gasteiger partial charge in [-0.15, -0.1) is 0 Å². The number of rotatable bonds is 4. The number of amides is 1. The van der Waals surface area contributed by atoms with Gasteiger partial charge in [0.25, 0.3) is 0 Å². The number of ether oxygens (including phenoxy) is 1. The molecular weight excluding hydrogens is 528 g/mol. The SMILES string of the molecule is CCc1nc(N2CCN(c3ncc4c(n3)CN(C(=O)OC(C)(C)C)CC4)CC2)ccc1-c1cc(C)c2nc(C)cn2c1. The summed E-state index contributed by atoms with van der Waals surface area (Å²) in [5, 5.41) is 0. The van der Waals surface area contributed by atoms with Crippen LogP contribution in [-0.4, -0.2) is 73.7 Å². The molecule has 10 heteroatoms. The average molecular weight is 569 g/mol. The number of anilines is 2. The van der Waals surface area contributed by atoms with E-state index in [0.717, 1.165) is 90.2 Å². The van der Waals surface area contributed by atoms with Crippen LogP contribution in [0.5, 0.6) is 0 Å². The Hall–Kier alpha value is -4.21. The van der Waals surface area contributed by atoms with Crippen molar-refractivity contribution < 1.29 is 9.53 Å². The lowest BCUT2D eigenvalue weighted by Crippen LogP contribution is -2.47. The number of hydrogen-bond acceptors (Lipinski definition) is 8. The molecule has 10 nitrogen and oxygen atoms in total. The van der Waals surface area contributed by atoms with Gasteiger partial charge in [-0.05, 0) is 76.8 Å². The smallest absolute Gasteiger partial charge is 0.410 e. The van der Waals surface area contributed by atoms with Gasteiger partial charge < -0.3 is 23.8 Å². The fourth-order valence-electron chi connectivity index (χ4n) is 5.80. The lowest BCUT2D eigenvalue weighted by atomic mass is 10.0. The van der Waals surface area contributed by atoms with Gasteiger partial charge in [0, 0.05) is 62.4 Å². The third-order valence-electron chi connectivity index (χ3n) is 7.93. The second-order valence-electron chi connectivity index (χ2n) is 12.3. The number of carbonyl (C=O) groups is 1. The number of hydrogen-bond donors (Lipinski definition) is 0. The first-order valence-corrected chi connectivity index (χ1v) is 14.9. The number of aromatic nitrogens is 5. The normalized spacial score (nSPS) is 15.7. The molecule has 0 aromatic carbocycles. The molecule has 0 atom stereocenters. The maximum Gasteiger partial charge on any atom is 0.410 e. The van der Waals surface area contributed by atoms with E-state index in [1.54, 1.807) is 4.90 Å². The quantitative estimate of drug-likeness (QED) is 0.340. The first-order chi connectivity index (χ1) is 20.1. The van der Waals surface area contributed by atoms with E-state index in [9.17, 15) is 4.79 Å². The van der Waals surface area contributed by atoms with Crippen LogP contribution in [0.1, 0.15) is 55.9 Å². The standard InChI is InChI=1S/C32H40N8O2/c1-7-26-25(24-16-21(2)29-34-22(3)18-40(29)19-24)8-9-28(35-26)37-12-14-38(15-13-37)30-33-17-23-10-11-39(20-27(23)36-30)31(41)42-32(4,5)6/h8-9,16-19H,7,10-15,20H2,1-6H3. The van der Waals surface area contributed by atoms with Crippen molar-refractivity contribution in [1.82, 2.24) is 29.2 Å². The van der Waals surface area contributed by atoms with E-state index in [0.29, 0.717) is 13.1 Å². The van der Waals surface area contributed by atoms with Crippen LogP contribution in [0, 0.1) is 13.8 Å². The number of piperazine rings is 1. The van der Waals surface area contributed by atoms with E-state index >= 15 is 0 Å². The molecule has 4 aromatic heterocycles. The van der Waals surface area contributed by atoms with Crippen LogP contribution in [0.15, 0.2) is 36.8 Å². The van der Waals surface area contributed by atoms with Crippen LogP contribution >= 0.6 is 0 Å². The van der Waals surface area contributed by atoms with Crippen molar-refractivity contribution >= 4 is 23.5 Å². The van der Waals surface area contributed by atoms with Gasteiger partial charge in [0.2, 0.25) is 5.95 Å². The molecule has 0 bridgehead atoms. The van der Waals surface area contributed by atoms with Gasteiger partial charge in [0.1, 0.15) is 17.1 Å². The molecule has 6 rings (SSSR count). The molecule has 2 aliphatic heterocycles. The maximum atomic E-state index is 12.6. The van der Waals surface area contributed by atoms with Crippen molar-refractivity contribution in [2.45, 2.75) is 66.5 Å². The van der Waals surface area contributed by atoms with Gasteiger partial charge in [0.15, 0.2) is 0 Å². The van der Waals surface area contributed by atoms with E-state index in [1.165, 1.54) is 5.56 Å². The highest BCUT2D eigenvalue weighted by atomic mass is 16.6. The first-order valence-electron chi connectivity index (χ1n) is 14.9. The molecule has 0 aliphatic carbocycles. The molecule has 1 fully saturated rings. The Balaban J connectivity index is 1.14. The molecule has 0 N–H and O–H groups in total. The number of fused-ring (bicyclic) bond motifs is 2. The molecule has 0 saturated carbocycles. The van der Waals surface area contributed by atoms with Crippen molar-refractivity contribution in [3.63, 3.8) is 0 Å². The fourth-order valence-corrected chi connectivity index (χ4v) is 5.80. The number of imidazole rings is 1. The van der Waals surface area contributed by atoms with Crippen LogP contribution in [0.4, 0.5) is 16.6 Å². The molecule has 42 heavy (non-hydrogen) atoms. The summed E-state index contributed by atoms with van der Waals surface area (Å²) in [6, 6.07) is 6.56. The molecule has 2 aliphatic rings. The summed E-state index contributed by atoms with van der Waals surface area (Å²) in [5.74, 6) is 1.73. The lowest BCUT2D eigenvalue weighted by molar-refractivity contribution is 0.0220. The Morgan fingerprint density at radius 3 is 2.48 bits per heavy atom. The number of aryl methyl sites for hydroxylation is 3. The van der Waals surface area contributed by atoms with Gasteiger partial charge in [0.05, 0.1) is 23.6 Å². The second-order valence-corrected chi connectivity index (χ2v) is 12.3. The van der Waals surface area contributed by atoms with Crippen molar-refractivity contribution in [3.8, 4) is 11.1 Å². The molecule has 6 heterocycles. The van der Waals surface area contributed by atoms with Crippen LogP contribution < -0.4 is 9.80 Å². The topological polar surface area (TPSA) is 92.0 Å². The summed E-state index contributed by atoms with van der Waals surface area (Å²) < 4.78 is 7.70. The highest BCUT2D eigenvalue weighted by Crippen LogP contribution is 2.29. The minimum absolute atomic E-state index is 0.292. The molecule has 1 saturated heterocycles. The van der Waals surface area contributed by atoms with E-state index < -0.39 is 5.60 Å². The molecule has 0 spiro atoms. The molecule has 1 amide bonds. The van der Waals surface area contributed by atoms with Crippen molar-refractivity contribution in [2.75, 3.05) is 42.5 Å². The molecule has 0 radical (unpaired) electrons. The third-order valence-corrected chi connectivity index (χ3v) is 7.93. The number of nitrogens with zero attached hydrogens (tertiary/aromatic N) is 8. The van der Waals surface area contributed by atoms with Gasteiger partial charge in [-0.3, -0.25) is 0 Å². The van der Waals surface area contributed by atoms with Crippen LogP contribution in [0.3, 0.4) is 0 Å². The van der Waals surface area contributed by atoms with Crippen molar-refractivity contribution in [2.24, 2.45) is 0 Å². The summed E-state index contributed by atoms with van der Waals surface area (Å²) >= 11 is 0. The van der Waals surface area contributed by atoms with Crippen molar-refractivity contribution in [1.29, 1.82) is 0 Å². The molecule has 0 unspecified atom stereocenters. The van der Waals surface area contributed by atoms with Gasteiger partial charge >= 0.3 is 6.09 Å². The number of carbonyl (C=O) groups excluding carboxylic acids is 1. The zero-order valence-corrected chi connectivity index (χ0v) is 25.5. The van der Waals surface area contributed by atoms with Gasteiger partial charge in [-0.2, -0.15) is 0 Å². The van der Waals surface area contributed by atoms with E-state index in [1.807, 2.05) is 33.9 Å². The molecule has 4 aromatic rings. The Morgan fingerprint density at radius 1 is 0.976 bits per heavy atom. The fraction of sp³-hybridized carbons (Fsp3) is 0.469. The van der Waals surface area contributed by atoms with Crippen molar-refractivity contribution in [3.05, 3.63) is 65.0 Å². The van der Waals surface area contributed by atoms with E-state index in [2.05, 4.69) is 68.6 Å². The average Bonchev–Trinajstić information content (AvgIpc) is 3.36. The second kappa shape index (κ2) is 10.9. The number of pyridine rings is 2. The van der Waals surface area contributed by atoms with Crippen LogP contribution in [0.25, 0.3) is 16.8 Å². The molecular formula is C32H40N8O2. The third kappa shape index (κ3) is 5.62. The Kier molecular flexibility index (Phi) is 7.24. The van der Waals surface area contributed by atoms with E-state index in [-0.39, 0.29) is 6.09 Å². The summed E-state index contributed by atoms with van der Waals surface area (Å²) in [6.07, 6.45) is 7.45. The first kappa shape index (κ1) is 27.9. The Bertz CT molecular complexity index is 1630. The van der Waals surface area contributed by atoms with Gasteiger partial charge in [-0.1, -0.05) is 6.92 Å². The lowest BCUT2D eigenvalue weighted by Gasteiger charge is -2.36. The Morgan fingerprint density at radius 2 is 1.74 bits per heavy atom. The predicted molar refractivity (Wildman–Crippen MR) is 164 cm³/mol. The largest absolute Gasteiger partial charge is 0.444 e. The summed E-state index contributed by atoms with van der Waals surface area (Å²) in [4.78, 5) is 38.3. The molecule has 220 valence electrons.